The standard InChI is InChI=1S/C17H20O7/c1-5-21-15(19)17(16(20)22-6-2)23-13-8-7-12(9-10(3)18)11(4)14(13)24-17/h7-8H,5-6,9H2,1-4H3. The highest BCUT2D eigenvalue weighted by Gasteiger charge is 2.60. The Hall–Kier alpha value is -2.57. The van der Waals surface area contributed by atoms with Crippen LogP contribution in [0.3, 0.4) is 0 Å². The van der Waals surface area contributed by atoms with Crippen molar-refractivity contribution in [3.63, 3.8) is 0 Å². The topological polar surface area (TPSA) is 88.1 Å². The summed E-state index contributed by atoms with van der Waals surface area (Å²) in [4.78, 5) is 36.0. The summed E-state index contributed by atoms with van der Waals surface area (Å²) >= 11 is 0. The quantitative estimate of drug-likeness (QED) is 0.577. The minimum Gasteiger partial charge on any atom is -0.460 e. The van der Waals surface area contributed by atoms with Gasteiger partial charge in [-0.2, -0.15) is 0 Å². The fraction of sp³-hybridized carbons (Fsp3) is 0.471. The van der Waals surface area contributed by atoms with Gasteiger partial charge >= 0.3 is 17.7 Å². The summed E-state index contributed by atoms with van der Waals surface area (Å²) in [5.74, 6) is -3.83. The molecular formula is C17H20O7. The van der Waals surface area contributed by atoms with E-state index in [0.29, 0.717) is 5.56 Å². The Bertz CT molecular complexity index is 660. The zero-order chi connectivity index (χ0) is 17.9. The lowest BCUT2D eigenvalue weighted by molar-refractivity contribution is -0.202. The van der Waals surface area contributed by atoms with Crippen molar-refractivity contribution >= 4 is 17.7 Å². The van der Waals surface area contributed by atoms with E-state index in [1.165, 1.54) is 6.92 Å². The molecule has 0 saturated carbocycles. The fourth-order valence-electron chi connectivity index (χ4n) is 2.40. The number of ketones is 1. The first-order chi connectivity index (χ1) is 11.4. The van der Waals surface area contributed by atoms with E-state index in [9.17, 15) is 14.4 Å². The average molecular weight is 336 g/mol. The lowest BCUT2D eigenvalue weighted by Crippen LogP contribution is -2.56. The second-order valence-corrected chi connectivity index (χ2v) is 5.32. The van der Waals surface area contributed by atoms with Gasteiger partial charge in [0, 0.05) is 6.42 Å². The van der Waals surface area contributed by atoms with E-state index in [1.54, 1.807) is 32.9 Å². The van der Waals surface area contributed by atoms with Crippen molar-refractivity contribution in [1.82, 2.24) is 0 Å². The third-order valence-electron chi connectivity index (χ3n) is 3.51. The summed E-state index contributed by atoms with van der Waals surface area (Å²) in [6, 6.07) is 3.26. The number of benzene rings is 1. The summed E-state index contributed by atoms with van der Waals surface area (Å²) in [5, 5.41) is 0. The van der Waals surface area contributed by atoms with Crippen LogP contribution in [-0.4, -0.2) is 36.7 Å². The fourth-order valence-corrected chi connectivity index (χ4v) is 2.40. The van der Waals surface area contributed by atoms with Crippen LogP contribution < -0.4 is 9.47 Å². The highest BCUT2D eigenvalue weighted by Crippen LogP contribution is 2.44. The molecule has 7 nitrogen and oxygen atoms in total. The van der Waals surface area contributed by atoms with Crippen molar-refractivity contribution in [2.75, 3.05) is 13.2 Å². The van der Waals surface area contributed by atoms with Gasteiger partial charge < -0.3 is 18.9 Å². The molecule has 0 fully saturated rings. The first-order valence-electron chi connectivity index (χ1n) is 7.70. The van der Waals surface area contributed by atoms with Gasteiger partial charge in [0.1, 0.15) is 5.78 Å². The Kier molecular flexibility index (Phi) is 5.11. The van der Waals surface area contributed by atoms with E-state index < -0.39 is 17.7 Å². The molecule has 0 aromatic heterocycles. The summed E-state index contributed by atoms with van der Waals surface area (Å²) in [7, 11) is 0. The highest BCUT2D eigenvalue weighted by molar-refractivity contribution is 6.03. The smallest absolute Gasteiger partial charge is 0.453 e. The monoisotopic (exact) mass is 336 g/mol. The van der Waals surface area contributed by atoms with E-state index in [0.717, 1.165) is 5.56 Å². The number of hydrogen-bond donors (Lipinski definition) is 0. The largest absolute Gasteiger partial charge is 0.460 e. The van der Waals surface area contributed by atoms with E-state index in [4.69, 9.17) is 18.9 Å². The van der Waals surface area contributed by atoms with E-state index in [2.05, 4.69) is 0 Å². The molecule has 0 saturated heterocycles. The summed E-state index contributed by atoms with van der Waals surface area (Å²) in [5.41, 5.74) is 1.35. The third-order valence-corrected chi connectivity index (χ3v) is 3.51. The lowest BCUT2D eigenvalue weighted by Gasteiger charge is -2.22. The molecule has 0 atom stereocenters. The molecular weight excluding hydrogens is 316 g/mol. The normalized spacial score (nSPS) is 14.2. The van der Waals surface area contributed by atoms with Gasteiger partial charge in [0.2, 0.25) is 0 Å². The van der Waals surface area contributed by atoms with Crippen molar-refractivity contribution < 1.29 is 33.3 Å². The number of Topliss-reactive ketones (excluding diaryl/α,β-unsaturated/α-hetero) is 1. The van der Waals surface area contributed by atoms with Crippen molar-refractivity contribution in [2.45, 2.75) is 39.9 Å². The number of hydrogen-bond acceptors (Lipinski definition) is 7. The predicted octanol–water partition coefficient (Wildman–Crippen LogP) is 1.72. The van der Waals surface area contributed by atoms with Gasteiger partial charge in [0.05, 0.1) is 13.2 Å². The van der Waals surface area contributed by atoms with E-state index >= 15 is 0 Å². The van der Waals surface area contributed by atoms with Gasteiger partial charge in [-0.05, 0) is 44.9 Å². The van der Waals surface area contributed by atoms with Crippen LogP contribution >= 0.6 is 0 Å². The van der Waals surface area contributed by atoms with Gasteiger partial charge in [0.25, 0.3) is 0 Å². The Morgan fingerprint density at radius 1 is 1.04 bits per heavy atom. The van der Waals surface area contributed by atoms with Crippen molar-refractivity contribution in [1.29, 1.82) is 0 Å². The van der Waals surface area contributed by atoms with Crippen LogP contribution in [-0.2, 0) is 30.3 Å². The van der Waals surface area contributed by atoms with E-state index in [1.807, 2.05) is 0 Å². The molecule has 1 aliphatic heterocycles. The second-order valence-electron chi connectivity index (χ2n) is 5.32. The molecule has 24 heavy (non-hydrogen) atoms. The van der Waals surface area contributed by atoms with Crippen LogP contribution in [0.15, 0.2) is 12.1 Å². The number of carbonyl (C=O) groups excluding carboxylic acids is 3. The zero-order valence-corrected chi connectivity index (χ0v) is 14.1. The van der Waals surface area contributed by atoms with E-state index in [-0.39, 0.29) is 36.9 Å². The molecule has 0 amide bonds. The molecule has 0 unspecified atom stereocenters. The molecule has 0 aliphatic carbocycles. The van der Waals surface area contributed by atoms with Crippen LogP contribution in [0, 0.1) is 6.92 Å². The lowest BCUT2D eigenvalue weighted by atomic mass is 10.0. The van der Waals surface area contributed by atoms with Gasteiger partial charge in [-0.3, -0.25) is 4.79 Å². The van der Waals surface area contributed by atoms with Gasteiger partial charge in [0.15, 0.2) is 11.5 Å². The maximum atomic E-state index is 12.3. The van der Waals surface area contributed by atoms with Crippen LogP contribution in [0.1, 0.15) is 31.9 Å². The Morgan fingerprint density at radius 2 is 1.62 bits per heavy atom. The molecule has 0 bridgehead atoms. The van der Waals surface area contributed by atoms with Crippen LogP contribution in [0.25, 0.3) is 0 Å². The first-order valence-corrected chi connectivity index (χ1v) is 7.70. The SMILES string of the molecule is CCOC(=O)C1(C(=O)OCC)Oc2ccc(CC(C)=O)c(C)c2O1. The first kappa shape index (κ1) is 17.8. The van der Waals surface area contributed by atoms with Gasteiger partial charge in [-0.1, -0.05) is 6.07 Å². The van der Waals surface area contributed by atoms with Gasteiger partial charge in [-0.15, -0.1) is 0 Å². The number of ether oxygens (including phenoxy) is 4. The van der Waals surface area contributed by atoms with Crippen molar-refractivity contribution in [2.24, 2.45) is 0 Å². The second kappa shape index (κ2) is 6.90. The molecule has 0 N–H and O–H groups in total. The molecule has 7 heteroatoms. The Labute approximate surface area is 139 Å². The van der Waals surface area contributed by atoms with Crippen molar-refractivity contribution in [3.8, 4) is 11.5 Å². The highest BCUT2D eigenvalue weighted by atomic mass is 16.8. The maximum absolute atomic E-state index is 12.3. The van der Waals surface area contributed by atoms with Crippen LogP contribution in [0.2, 0.25) is 0 Å². The zero-order valence-electron chi connectivity index (χ0n) is 14.1. The number of rotatable bonds is 6. The molecule has 1 heterocycles. The average Bonchev–Trinajstić information content (AvgIpc) is 2.92. The summed E-state index contributed by atoms with van der Waals surface area (Å²) in [6.07, 6.45) is 0.217. The minimum absolute atomic E-state index is 0.0148. The summed E-state index contributed by atoms with van der Waals surface area (Å²) in [6.45, 7) is 6.53. The molecule has 1 aromatic carbocycles. The Morgan fingerprint density at radius 3 is 2.12 bits per heavy atom. The number of carbonyl (C=O) groups is 3. The number of esters is 2. The predicted molar refractivity (Wildman–Crippen MR) is 82.8 cm³/mol. The minimum atomic E-state index is -2.31. The van der Waals surface area contributed by atoms with Crippen LogP contribution in [0.4, 0.5) is 0 Å². The number of fused-ring (bicyclic) bond motifs is 1. The molecule has 0 radical (unpaired) electrons. The maximum Gasteiger partial charge on any atom is 0.453 e. The Balaban J connectivity index is 2.43. The molecule has 2 rings (SSSR count). The molecule has 1 aliphatic rings. The van der Waals surface area contributed by atoms with Crippen LogP contribution in [0.5, 0.6) is 11.5 Å². The molecule has 0 spiro atoms. The van der Waals surface area contributed by atoms with Crippen molar-refractivity contribution in [3.05, 3.63) is 23.3 Å². The third kappa shape index (κ3) is 3.06. The molecule has 130 valence electrons. The summed E-state index contributed by atoms with van der Waals surface area (Å²) < 4.78 is 20.9. The van der Waals surface area contributed by atoms with Gasteiger partial charge in [-0.25, -0.2) is 9.59 Å². The molecule has 1 aromatic rings.